The van der Waals surface area contributed by atoms with Crippen LogP contribution in [0.5, 0.6) is 11.5 Å². The van der Waals surface area contributed by atoms with Crippen LogP contribution in [-0.4, -0.2) is 14.8 Å². The third-order valence-corrected chi connectivity index (χ3v) is 3.23. The van der Waals surface area contributed by atoms with Gasteiger partial charge in [0, 0.05) is 29.9 Å². The molecule has 0 saturated heterocycles. The molecule has 0 aliphatic rings. The molecule has 23 heavy (non-hydrogen) atoms. The fourth-order valence-electron chi connectivity index (χ4n) is 2.21. The minimum atomic E-state index is -0.551. The Labute approximate surface area is 129 Å². The van der Waals surface area contributed by atoms with E-state index in [-0.39, 0.29) is 22.9 Å². The van der Waals surface area contributed by atoms with Crippen molar-refractivity contribution in [2.45, 2.75) is 0 Å². The Morgan fingerprint density at radius 1 is 0.826 bits per heavy atom. The van der Waals surface area contributed by atoms with Crippen molar-refractivity contribution in [3.05, 3.63) is 75.1 Å². The average Bonchev–Trinajstić information content (AvgIpc) is 2.55. The zero-order valence-corrected chi connectivity index (χ0v) is 11.6. The van der Waals surface area contributed by atoms with E-state index in [9.17, 15) is 20.2 Å². The molecule has 0 spiro atoms. The molecule has 8 nitrogen and oxygen atoms in total. The molecule has 2 aromatic carbocycles. The van der Waals surface area contributed by atoms with Gasteiger partial charge < -0.3 is 4.74 Å². The standard InChI is InChI=1S/C15H9N3O5/c19-17(20)12-5-6-14(10-7-8-16-9-11(10)12)23-15-4-2-1-3-13(15)18(21)22/h1-9H. The number of fused-ring (bicyclic) bond motifs is 1. The van der Waals surface area contributed by atoms with Crippen LogP contribution < -0.4 is 4.74 Å². The lowest BCUT2D eigenvalue weighted by Gasteiger charge is -2.09. The average molecular weight is 311 g/mol. The fourth-order valence-corrected chi connectivity index (χ4v) is 2.21. The van der Waals surface area contributed by atoms with E-state index in [1.165, 1.54) is 42.7 Å². The first-order valence-electron chi connectivity index (χ1n) is 6.50. The molecule has 0 saturated carbocycles. The zero-order valence-electron chi connectivity index (χ0n) is 11.6. The highest BCUT2D eigenvalue weighted by Gasteiger charge is 2.19. The van der Waals surface area contributed by atoms with E-state index in [0.717, 1.165) is 0 Å². The van der Waals surface area contributed by atoms with Gasteiger partial charge in [0.15, 0.2) is 0 Å². The molecule has 3 aromatic rings. The van der Waals surface area contributed by atoms with Gasteiger partial charge >= 0.3 is 5.69 Å². The number of ether oxygens (including phenoxy) is 1. The van der Waals surface area contributed by atoms with E-state index in [2.05, 4.69) is 4.98 Å². The maximum absolute atomic E-state index is 11.1. The maximum Gasteiger partial charge on any atom is 0.311 e. The summed E-state index contributed by atoms with van der Waals surface area (Å²) in [5, 5.41) is 22.9. The summed E-state index contributed by atoms with van der Waals surface area (Å²) in [5.41, 5.74) is -0.295. The highest BCUT2D eigenvalue weighted by Crippen LogP contribution is 2.37. The van der Waals surface area contributed by atoms with E-state index in [1.807, 2.05) is 0 Å². The van der Waals surface area contributed by atoms with Gasteiger partial charge in [0.1, 0.15) is 5.75 Å². The van der Waals surface area contributed by atoms with Gasteiger partial charge in [0.25, 0.3) is 5.69 Å². The molecule has 114 valence electrons. The van der Waals surface area contributed by atoms with Crippen LogP contribution in [0.25, 0.3) is 10.8 Å². The minimum absolute atomic E-state index is 0.0597. The first-order valence-corrected chi connectivity index (χ1v) is 6.50. The lowest BCUT2D eigenvalue weighted by molar-refractivity contribution is -0.385. The number of hydrogen-bond donors (Lipinski definition) is 0. The van der Waals surface area contributed by atoms with Crippen LogP contribution in [-0.2, 0) is 0 Å². The molecule has 1 aromatic heterocycles. The van der Waals surface area contributed by atoms with Crippen LogP contribution in [0, 0.1) is 20.2 Å². The van der Waals surface area contributed by atoms with Crippen molar-refractivity contribution in [2.75, 3.05) is 0 Å². The number of nitro benzene ring substituents is 2. The van der Waals surface area contributed by atoms with Gasteiger partial charge in [0.2, 0.25) is 5.75 Å². The van der Waals surface area contributed by atoms with E-state index in [1.54, 1.807) is 12.1 Å². The quantitative estimate of drug-likeness (QED) is 0.535. The number of pyridine rings is 1. The fraction of sp³-hybridized carbons (Fsp3) is 0. The highest BCUT2D eigenvalue weighted by molar-refractivity contribution is 5.94. The number of non-ortho nitro benzene ring substituents is 1. The topological polar surface area (TPSA) is 108 Å². The van der Waals surface area contributed by atoms with E-state index >= 15 is 0 Å². The molecule has 0 radical (unpaired) electrons. The molecule has 0 aliphatic heterocycles. The van der Waals surface area contributed by atoms with Crippen LogP contribution >= 0.6 is 0 Å². The van der Waals surface area contributed by atoms with E-state index < -0.39 is 9.85 Å². The Hall–Kier alpha value is -3.55. The van der Waals surface area contributed by atoms with Gasteiger partial charge in [-0.3, -0.25) is 25.2 Å². The summed E-state index contributed by atoms with van der Waals surface area (Å²) in [5.74, 6) is 0.340. The maximum atomic E-state index is 11.1. The number of nitrogens with zero attached hydrogens (tertiary/aromatic N) is 3. The molecule has 0 N–H and O–H groups in total. The summed E-state index contributed by atoms with van der Waals surface area (Å²) in [6.07, 6.45) is 2.83. The Morgan fingerprint density at radius 2 is 1.57 bits per heavy atom. The van der Waals surface area contributed by atoms with E-state index in [4.69, 9.17) is 4.74 Å². The second-order valence-electron chi connectivity index (χ2n) is 4.59. The van der Waals surface area contributed by atoms with Crippen LogP contribution in [0.3, 0.4) is 0 Å². The van der Waals surface area contributed by atoms with Gasteiger partial charge in [0.05, 0.1) is 15.2 Å². The Bertz CT molecular complexity index is 926. The van der Waals surface area contributed by atoms with Gasteiger partial charge in [-0.15, -0.1) is 0 Å². The first kappa shape index (κ1) is 14.4. The Balaban J connectivity index is 2.14. The highest BCUT2D eigenvalue weighted by atomic mass is 16.6. The minimum Gasteiger partial charge on any atom is -0.449 e. The lowest BCUT2D eigenvalue weighted by atomic mass is 10.1. The molecule has 1 heterocycles. The van der Waals surface area contributed by atoms with Crippen molar-refractivity contribution < 1.29 is 14.6 Å². The van der Waals surface area contributed by atoms with Crippen molar-refractivity contribution >= 4 is 22.1 Å². The molecule has 0 bridgehead atoms. The third-order valence-electron chi connectivity index (χ3n) is 3.23. The van der Waals surface area contributed by atoms with Crippen molar-refractivity contribution in [2.24, 2.45) is 0 Å². The van der Waals surface area contributed by atoms with Crippen molar-refractivity contribution in [3.63, 3.8) is 0 Å². The molecule has 0 fully saturated rings. The predicted octanol–water partition coefficient (Wildman–Crippen LogP) is 3.84. The van der Waals surface area contributed by atoms with Gasteiger partial charge in [-0.05, 0) is 18.2 Å². The SMILES string of the molecule is O=[N+]([O-])c1ccccc1Oc1ccc([N+](=O)[O-])c2cnccc12. The van der Waals surface area contributed by atoms with Crippen LogP contribution in [0.1, 0.15) is 0 Å². The third kappa shape index (κ3) is 2.64. The molecule has 0 aliphatic carbocycles. The summed E-state index contributed by atoms with van der Waals surface area (Å²) < 4.78 is 5.63. The summed E-state index contributed by atoms with van der Waals surface area (Å²) in [6.45, 7) is 0. The van der Waals surface area contributed by atoms with Crippen LogP contribution in [0.4, 0.5) is 11.4 Å². The first-order chi connectivity index (χ1) is 11.1. The molecular weight excluding hydrogens is 302 g/mol. The summed E-state index contributed by atoms with van der Waals surface area (Å²) >= 11 is 0. The number of para-hydroxylation sites is 2. The van der Waals surface area contributed by atoms with Crippen LogP contribution in [0.15, 0.2) is 54.9 Å². The van der Waals surface area contributed by atoms with Gasteiger partial charge in [-0.25, -0.2) is 0 Å². The monoisotopic (exact) mass is 311 g/mol. The molecule has 8 heteroatoms. The number of nitro groups is 2. The Kier molecular flexibility index (Phi) is 3.55. The van der Waals surface area contributed by atoms with Gasteiger partial charge in [-0.2, -0.15) is 0 Å². The number of hydrogen-bond acceptors (Lipinski definition) is 6. The summed E-state index contributed by atoms with van der Waals surface area (Å²) in [7, 11) is 0. The van der Waals surface area contributed by atoms with Crippen molar-refractivity contribution in [3.8, 4) is 11.5 Å². The molecule has 0 amide bonds. The lowest BCUT2D eigenvalue weighted by Crippen LogP contribution is -1.95. The molecule has 3 rings (SSSR count). The zero-order chi connectivity index (χ0) is 16.4. The van der Waals surface area contributed by atoms with Gasteiger partial charge in [-0.1, -0.05) is 12.1 Å². The second kappa shape index (κ2) is 5.68. The normalized spacial score (nSPS) is 10.4. The molecule has 0 atom stereocenters. The number of rotatable bonds is 4. The Morgan fingerprint density at radius 3 is 2.30 bits per heavy atom. The smallest absolute Gasteiger partial charge is 0.311 e. The van der Waals surface area contributed by atoms with Crippen molar-refractivity contribution in [1.82, 2.24) is 4.98 Å². The second-order valence-corrected chi connectivity index (χ2v) is 4.59. The van der Waals surface area contributed by atoms with Crippen LogP contribution in [0.2, 0.25) is 0 Å². The predicted molar refractivity (Wildman–Crippen MR) is 81.6 cm³/mol. The summed E-state index contributed by atoms with van der Waals surface area (Å²) in [6, 6.07) is 10.2. The largest absolute Gasteiger partial charge is 0.449 e. The van der Waals surface area contributed by atoms with Crippen molar-refractivity contribution in [1.29, 1.82) is 0 Å². The number of aromatic nitrogens is 1. The van der Waals surface area contributed by atoms with E-state index in [0.29, 0.717) is 10.8 Å². The number of benzene rings is 2. The summed E-state index contributed by atoms with van der Waals surface area (Å²) in [4.78, 5) is 24.9. The molecular formula is C15H9N3O5. The molecule has 0 unspecified atom stereocenters.